The topological polar surface area (TPSA) is 70.7 Å². The lowest BCUT2D eigenvalue weighted by Gasteiger charge is -2.29. The number of aliphatic imine (C=N–C) groups is 1. The van der Waals surface area contributed by atoms with E-state index in [1.807, 2.05) is 14.1 Å². The summed E-state index contributed by atoms with van der Waals surface area (Å²) < 4.78 is 0. The SMILES string of the molecule is CCc1cccc(CC)c1NC(N)=NCC1(C(=O)N(C)C)CCCC1. The van der Waals surface area contributed by atoms with E-state index in [4.69, 9.17) is 5.73 Å². The summed E-state index contributed by atoms with van der Waals surface area (Å²) in [5, 5.41) is 3.29. The predicted octanol–water partition coefficient (Wildman–Crippen LogP) is 3.19. The quantitative estimate of drug-likeness (QED) is 0.615. The highest BCUT2D eigenvalue weighted by atomic mass is 16.2. The zero-order chi connectivity index (χ0) is 18.4. The summed E-state index contributed by atoms with van der Waals surface area (Å²) in [6, 6.07) is 6.31. The molecule has 138 valence electrons. The van der Waals surface area contributed by atoms with Gasteiger partial charge in [-0.1, -0.05) is 44.9 Å². The second kappa shape index (κ2) is 8.37. The van der Waals surface area contributed by atoms with Gasteiger partial charge in [0.25, 0.3) is 0 Å². The van der Waals surface area contributed by atoms with Gasteiger partial charge in [-0.2, -0.15) is 0 Å². The van der Waals surface area contributed by atoms with Crippen molar-refractivity contribution < 1.29 is 4.79 Å². The molecule has 0 spiro atoms. The number of carbonyl (C=O) groups is 1. The molecule has 1 aromatic rings. The molecule has 5 heteroatoms. The van der Waals surface area contributed by atoms with Gasteiger partial charge in [0.15, 0.2) is 5.96 Å². The monoisotopic (exact) mass is 344 g/mol. The van der Waals surface area contributed by atoms with Crippen molar-refractivity contribution in [1.82, 2.24) is 4.90 Å². The third-order valence-electron chi connectivity index (χ3n) is 5.22. The van der Waals surface area contributed by atoms with E-state index < -0.39 is 0 Å². The number of nitrogens with zero attached hydrogens (tertiary/aromatic N) is 2. The highest BCUT2D eigenvalue weighted by molar-refractivity contribution is 5.94. The highest BCUT2D eigenvalue weighted by Gasteiger charge is 2.41. The Balaban J connectivity index is 2.18. The Kier molecular flexibility index (Phi) is 6.45. The molecular formula is C20H32N4O. The number of hydrogen-bond acceptors (Lipinski definition) is 2. The molecule has 0 saturated heterocycles. The van der Waals surface area contributed by atoms with E-state index in [1.165, 1.54) is 11.1 Å². The van der Waals surface area contributed by atoms with Gasteiger partial charge in [0.2, 0.25) is 5.91 Å². The number of nitrogens with one attached hydrogen (secondary N) is 1. The summed E-state index contributed by atoms with van der Waals surface area (Å²) in [7, 11) is 3.64. The zero-order valence-electron chi connectivity index (χ0n) is 16.1. The molecule has 1 saturated carbocycles. The molecule has 0 unspecified atom stereocenters. The molecule has 0 heterocycles. The van der Waals surface area contributed by atoms with Crippen LogP contribution in [-0.4, -0.2) is 37.4 Å². The molecule has 0 bridgehead atoms. The van der Waals surface area contributed by atoms with E-state index in [0.29, 0.717) is 12.5 Å². The molecule has 5 nitrogen and oxygen atoms in total. The molecule has 1 aromatic carbocycles. The van der Waals surface area contributed by atoms with Crippen LogP contribution in [0.25, 0.3) is 0 Å². The van der Waals surface area contributed by atoms with Gasteiger partial charge in [0, 0.05) is 19.8 Å². The van der Waals surface area contributed by atoms with Crippen LogP contribution in [0.1, 0.15) is 50.7 Å². The Bertz CT molecular complexity index is 608. The van der Waals surface area contributed by atoms with Crippen molar-refractivity contribution in [3.8, 4) is 0 Å². The van der Waals surface area contributed by atoms with E-state index in [9.17, 15) is 4.79 Å². The zero-order valence-corrected chi connectivity index (χ0v) is 16.1. The molecular weight excluding hydrogens is 312 g/mol. The minimum atomic E-state index is -0.381. The van der Waals surface area contributed by atoms with Gasteiger partial charge in [-0.3, -0.25) is 9.79 Å². The number of rotatable bonds is 6. The molecule has 0 aromatic heterocycles. The molecule has 1 aliphatic rings. The first-order valence-corrected chi connectivity index (χ1v) is 9.33. The lowest BCUT2D eigenvalue weighted by molar-refractivity contribution is -0.138. The summed E-state index contributed by atoms with van der Waals surface area (Å²) in [5.74, 6) is 0.568. The first-order valence-electron chi connectivity index (χ1n) is 9.33. The van der Waals surface area contributed by atoms with E-state index in [1.54, 1.807) is 4.90 Å². The van der Waals surface area contributed by atoms with Crippen molar-refractivity contribution in [3.05, 3.63) is 29.3 Å². The van der Waals surface area contributed by atoms with Gasteiger partial charge >= 0.3 is 0 Å². The van der Waals surface area contributed by atoms with Crippen molar-refractivity contribution in [2.75, 3.05) is 26.0 Å². The van der Waals surface area contributed by atoms with E-state index in [2.05, 4.69) is 42.4 Å². The van der Waals surface area contributed by atoms with Crippen molar-refractivity contribution in [2.24, 2.45) is 16.1 Å². The summed E-state index contributed by atoms with van der Waals surface area (Å²) in [5.41, 5.74) is 9.33. The lowest BCUT2D eigenvalue weighted by atomic mass is 9.85. The lowest BCUT2D eigenvalue weighted by Crippen LogP contribution is -2.41. The summed E-state index contributed by atoms with van der Waals surface area (Å²) in [6.07, 6.45) is 5.83. The number of aryl methyl sites for hydroxylation is 2. The van der Waals surface area contributed by atoms with Crippen LogP contribution in [0, 0.1) is 5.41 Å². The van der Waals surface area contributed by atoms with Crippen molar-refractivity contribution in [2.45, 2.75) is 52.4 Å². The van der Waals surface area contributed by atoms with Crippen molar-refractivity contribution in [1.29, 1.82) is 0 Å². The van der Waals surface area contributed by atoms with E-state index >= 15 is 0 Å². The number of guanidine groups is 1. The fourth-order valence-electron chi connectivity index (χ4n) is 3.77. The van der Waals surface area contributed by atoms with Gasteiger partial charge in [-0.15, -0.1) is 0 Å². The summed E-state index contributed by atoms with van der Waals surface area (Å²) in [4.78, 5) is 18.9. The van der Waals surface area contributed by atoms with Crippen LogP contribution < -0.4 is 11.1 Å². The number of anilines is 1. The van der Waals surface area contributed by atoms with Gasteiger partial charge in [0.05, 0.1) is 12.0 Å². The third kappa shape index (κ3) is 4.33. The molecule has 1 aliphatic carbocycles. The van der Waals surface area contributed by atoms with Gasteiger partial charge < -0.3 is 16.0 Å². The van der Waals surface area contributed by atoms with E-state index in [0.717, 1.165) is 44.2 Å². The van der Waals surface area contributed by atoms with Crippen LogP contribution in [0.5, 0.6) is 0 Å². The average Bonchev–Trinajstić information content (AvgIpc) is 3.09. The Morgan fingerprint density at radius 1 is 1.20 bits per heavy atom. The van der Waals surface area contributed by atoms with Crippen LogP contribution in [-0.2, 0) is 17.6 Å². The first-order chi connectivity index (χ1) is 11.9. The predicted molar refractivity (Wildman–Crippen MR) is 105 cm³/mol. The van der Waals surface area contributed by atoms with Crippen LogP contribution in [0.3, 0.4) is 0 Å². The third-order valence-corrected chi connectivity index (χ3v) is 5.22. The normalized spacial score (nSPS) is 16.7. The smallest absolute Gasteiger partial charge is 0.230 e. The van der Waals surface area contributed by atoms with Crippen LogP contribution in [0.4, 0.5) is 5.69 Å². The molecule has 2 rings (SSSR count). The first kappa shape index (κ1) is 19.3. The molecule has 25 heavy (non-hydrogen) atoms. The van der Waals surface area contributed by atoms with Crippen LogP contribution >= 0.6 is 0 Å². The maximum atomic E-state index is 12.6. The number of nitrogens with two attached hydrogens (primary N) is 1. The maximum Gasteiger partial charge on any atom is 0.230 e. The Morgan fingerprint density at radius 3 is 2.24 bits per heavy atom. The Morgan fingerprint density at radius 2 is 1.76 bits per heavy atom. The fraction of sp³-hybridized carbons (Fsp3) is 0.600. The minimum absolute atomic E-state index is 0.171. The number of amides is 1. The largest absolute Gasteiger partial charge is 0.370 e. The molecule has 3 N–H and O–H groups in total. The number of benzene rings is 1. The molecule has 0 atom stereocenters. The van der Waals surface area contributed by atoms with Crippen molar-refractivity contribution in [3.63, 3.8) is 0 Å². The molecule has 1 amide bonds. The Labute approximate surface area is 151 Å². The summed E-state index contributed by atoms with van der Waals surface area (Å²) in [6.45, 7) is 4.73. The highest BCUT2D eigenvalue weighted by Crippen LogP contribution is 2.39. The van der Waals surface area contributed by atoms with Gasteiger partial charge in [-0.05, 0) is 36.8 Å². The van der Waals surface area contributed by atoms with Crippen LogP contribution in [0.15, 0.2) is 23.2 Å². The second-order valence-corrected chi connectivity index (χ2v) is 7.17. The van der Waals surface area contributed by atoms with Crippen LogP contribution in [0.2, 0.25) is 0 Å². The number of hydrogen-bond donors (Lipinski definition) is 2. The standard InChI is InChI=1S/C20H32N4O/c1-5-15-10-9-11-16(6-2)17(15)23-19(21)22-14-20(12-7-8-13-20)18(25)24(3)4/h9-11H,5-8,12-14H2,1-4H3,(H3,21,22,23). The molecule has 0 radical (unpaired) electrons. The number of carbonyl (C=O) groups excluding carboxylic acids is 1. The Hall–Kier alpha value is -2.04. The summed E-state index contributed by atoms with van der Waals surface area (Å²) >= 11 is 0. The molecule has 1 fully saturated rings. The minimum Gasteiger partial charge on any atom is -0.370 e. The average molecular weight is 345 g/mol. The second-order valence-electron chi connectivity index (χ2n) is 7.17. The maximum absolute atomic E-state index is 12.6. The fourth-order valence-corrected chi connectivity index (χ4v) is 3.77. The molecule has 0 aliphatic heterocycles. The van der Waals surface area contributed by atoms with E-state index in [-0.39, 0.29) is 11.3 Å². The van der Waals surface area contributed by atoms with Gasteiger partial charge in [-0.25, -0.2) is 0 Å². The van der Waals surface area contributed by atoms with Gasteiger partial charge in [0.1, 0.15) is 0 Å². The van der Waals surface area contributed by atoms with Crippen molar-refractivity contribution >= 4 is 17.6 Å². The number of para-hydroxylation sites is 1.